The Morgan fingerprint density at radius 3 is 0.769 bits per heavy atom. The first-order valence-electron chi connectivity index (χ1n) is 41.7. The second-order valence-corrected chi connectivity index (χ2v) is 30.2. The Morgan fingerprint density at radius 2 is 0.481 bits per heavy atom. The summed E-state index contributed by atoms with van der Waals surface area (Å²) < 4.78 is 68.7. The molecule has 17 nitrogen and oxygen atoms in total. The van der Waals surface area contributed by atoms with Crippen LogP contribution in [0.5, 0.6) is 0 Å². The standard InChI is InChI=1S/C89H148O17P2/c1-5-9-13-17-21-25-29-33-37-39-41-43-47-49-53-57-61-65-69-73-86(91)99-79-84(105-88(93)75-71-67-63-59-55-51-45-35-31-27-23-19-15-11-7-3)81-103-107(95,96)101-77-83(90)78-102-108(97,98)104-82-85(106-89(94)76-72-68-64-60-56-52-46-36-32-28-24-20-16-12-8-4)80-100-87(92)74-70-66-62-58-54-50-48-44-42-40-38-34-30-26-22-18-14-10-6-2/h9-11,13-15,21-23,25-27,33-35,37-38,41-45,49,53,55,59,83-85,90H,5-8,12,16-20,24,28-32,36,39-40,46-48,50-52,54,56-58,60-82H2,1-4H3,(H,95,96)(H,97,98)/b13-9-,14-10-,15-11-,25-21-,26-22-,27-23-,37-33-,38-34-,43-41-,44-42-,45-35-,53-49-,59-55-. The maximum absolute atomic E-state index is 13.1. The lowest BCUT2D eigenvalue weighted by molar-refractivity contribution is -0.161. The van der Waals surface area contributed by atoms with E-state index in [0.717, 1.165) is 173 Å². The predicted molar refractivity (Wildman–Crippen MR) is 445 cm³/mol. The van der Waals surface area contributed by atoms with Gasteiger partial charge in [0.1, 0.15) is 19.3 Å². The number of allylic oxidation sites excluding steroid dienone is 26. The van der Waals surface area contributed by atoms with Crippen molar-refractivity contribution in [2.75, 3.05) is 39.6 Å². The fraction of sp³-hybridized carbons (Fsp3) is 0.663. The number of phosphoric ester groups is 2. The van der Waals surface area contributed by atoms with Crippen molar-refractivity contribution in [2.45, 2.75) is 341 Å². The largest absolute Gasteiger partial charge is 0.472 e. The molecule has 0 saturated heterocycles. The van der Waals surface area contributed by atoms with Crippen LogP contribution in [-0.4, -0.2) is 96.7 Å². The van der Waals surface area contributed by atoms with Crippen LogP contribution in [0.1, 0.15) is 323 Å². The molecule has 0 aromatic rings. The normalized spacial score (nSPS) is 14.6. The van der Waals surface area contributed by atoms with Crippen LogP contribution in [0.4, 0.5) is 0 Å². The molecule has 5 unspecified atom stereocenters. The van der Waals surface area contributed by atoms with Gasteiger partial charge in [-0.3, -0.25) is 37.3 Å². The molecule has 0 aliphatic rings. The molecule has 5 atom stereocenters. The predicted octanol–water partition coefficient (Wildman–Crippen LogP) is 24.8. The number of carbonyl (C=O) groups excluding carboxylic acids is 4. The quantitative estimate of drug-likeness (QED) is 0.0169. The maximum Gasteiger partial charge on any atom is 0.472 e. The molecule has 0 aromatic carbocycles. The van der Waals surface area contributed by atoms with E-state index in [0.29, 0.717) is 32.1 Å². The minimum atomic E-state index is -5.00. The van der Waals surface area contributed by atoms with E-state index >= 15 is 0 Å². The van der Waals surface area contributed by atoms with Crippen LogP contribution < -0.4 is 0 Å². The van der Waals surface area contributed by atoms with Gasteiger partial charge in [-0.05, 0) is 148 Å². The van der Waals surface area contributed by atoms with Gasteiger partial charge in [0.2, 0.25) is 0 Å². The lowest BCUT2D eigenvalue weighted by Crippen LogP contribution is -2.30. The molecule has 19 heteroatoms. The number of esters is 4. The van der Waals surface area contributed by atoms with Crippen LogP contribution in [0.15, 0.2) is 158 Å². The fourth-order valence-electron chi connectivity index (χ4n) is 10.8. The van der Waals surface area contributed by atoms with Crippen molar-refractivity contribution < 1.29 is 80.2 Å². The van der Waals surface area contributed by atoms with Gasteiger partial charge in [0, 0.05) is 25.7 Å². The van der Waals surface area contributed by atoms with Gasteiger partial charge in [0.05, 0.1) is 26.4 Å². The van der Waals surface area contributed by atoms with E-state index in [1.54, 1.807) is 0 Å². The Bertz CT molecular complexity index is 2660. The van der Waals surface area contributed by atoms with E-state index in [1.165, 1.54) is 64.2 Å². The van der Waals surface area contributed by atoms with Gasteiger partial charge in [-0.2, -0.15) is 0 Å². The first-order chi connectivity index (χ1) is 52.7. The zero-order valence-corrected chi connectivity index (χ0v) is 69.3. The molecular formula is C89H148O17P2. The van der Waals surface area contributed by atoms with Gasteiger partial charge < -0.3 is 33.8 Å². The average Bonchev–Trinajstić information content (AvgIpc) is 0.923. The van der Waals surface area contributed by atoms with Crippen molar-refractivity contribution in [1.82, 2.24) is 0 Å². The summed E-state index contributed by atoms with van der Waals surface area (Å²) in [5.74, 6) is -2.27. The van der Waals surface area contributed by atoms with E-state index < -0.39 is 97.5 Å². The minimum Gasteiger partial charge on any atom is -0.462 e. The summed E-state index contributed by atoms with van der Waals surface area (Å²) in [6.45, 7) is 4.46. The highest BCUT2D eigenvalue weighted by Gasteiger charge is 2.30. The van der Waals surface area contributed by atoms with Gasteiger partial charge in [-0.25, -0.2) is 9.13 Å². The van der Waals surface area contributed by atoms with E-state index in [9.17, 15) is 43.2 Å². The van der Waals surface area contributed by atoms with Gasteiger partial charge in [0.25, 0.3) is 0 Å². The molecular weight excluding hydrogens is 1400 g/mol. The lowest BCUT2D eigenvalue weighted by Gasteiger charge is -2.21. The van der Waals surface area contributed by atoms with E-state index in [4.69, 9.17) is 37.0 Å². The third-order valence-electron chi connectivity index (χ3n) is 17.0. The van der Waals surface area contributed by atoms with E-state index in [2.05, 4.69) is 186 Å². The van der Waals surface area contributed by atoms with Crippen LogP contribution in [-0.2, 0) is 65.4 Å². The molecule has 0 aromatic heterocycles. The minimum absolute atomic E-state index is 0.0302. The van der Waals surface area contributed by atoms with Crippen molar-refractivity contribution in [3.63, 3.8) is 0 Å². The molecule has 108 heavy (non-hydrogen) atoms. The lowest BCUT2D eigenvalue weighted by atomic mass is 10.0. The van der Waals surface area contributed by atoms with Crippen LogP contribution in [0.25, 0.3) is 0 Å². The highest BCUT2D eigenvalue weighted by atomic mass is 31.2. The Kier molecular flexibility index (Phi) is 75.8. The molecule has 0 aliphatic carbocycles. The zero-order valence-electron chi connectivity index (χ0n) is 67.5. The number of phosphoric acid groups is 2. The second kappa shape index (κ2) is 79.8. The Balaban J connectivity index is 5.44. The summed E-state index contributed by atoms with van der Waals surface area (Å²) in [6.07, 6.45) is 93.6. The van der Waals surface area contributed by atoms with Gasteiger partial charge in [-0.15, -0.1) is 0 Å². The summed E-state index contributed by atoms with van der Waals surface area (Å²) in [5.41, 5.74) is 0. The highest BCUT2D eigenvalue weighted by molar-refractivity contribution is 7.47. The maximum atomic E-state index is 13.1. The van der Waals surface area contributed by atoms with Gasteiger partial charge in [0.15, 0.2) is 12.2 Å². The monoisotopic (exact) mass is 1550 g/mol. The van der Waals surface area contributed by atoms with Gasteiger partial charge >= 0.3 is 39.5 Å². The van der Waals surface area contributed by atoms with E-state index in [1.807, 2.05) is 0 Å². The van der Waals surface area contributed by atoms with Crippen molar-refractivity contribution in [3.8, 4) is 0 Å². The number of unbranched alkanes of at least 4 members (excludes halogenated alkanes) is 25. The molecule has 0 radical (unpaired) electrons. The molecule has 0 fully saturated rings. The molecule has 0 spiro atoms. The number of aliphatic hydroxyl groups is 1. The number of rotatable bonds is 77. The van der Waals surface area contributed by atoms with Gasteiger partial charge in [-0.1, -0.05) is 308 Å². The summed E-state index contributed by atoms with van der Waals surface area (Å²) in [4.78, 5) is 73.2. The smallest absolute Gasteiger partial charge is 0.462 e. The molecule has 3 N–H and O–H groups in total. The number of aliphatic hydroxyl groups excluding tert-OH is 1. The molecule has 0 amide bonds. The van der Waals surface area contributed by atoms with Crippen LogP contribution in [0.3, 0.4) is 0 Å². The SMILES string of the molecule is CC/C=C\C/C=C\C/C=C\C/C=C\C/C=C\CCCCCC(=O)OCC(COP(=O)(O)OCC(O)COP(=O)(O)OCC(COC(=O)CCCCCCCC/C=C\C/C=C\C/C=C\C/C=C\CC)OC(=O)CCCCCCCCCCCCCCCCC)OC(=O)CCCC/C=C\C/C=C\C/C=C\C/C=C\CC. The topological polar surface area (TPSA) is 237 Å². The number of hydrogen-bond acceptors (Lipinski definition) is 15. The summed E-state index contributed by atoms with van der Waals surface area (Å²) >= 11 is 0. The molecule has 616 valence electrons. The third-order valence-corrected chi connectivity index (χ3v) is 18.9. The molecule has 0 aliphatic heterocycles. The first kappa shape index (κ1) is 103. The first-order valence-corrected chi connectivity index (χ1v) is 44.7. The number of carbonyl (C=O) groups is 4. The third kappa shape index (κ3) is 78.8. The van der Waals surface area contributed by atoms with E-state index in [-0.39, 0.29) is 25.7 Å². The van der Waals surface area contributed by atoms with Crippen LogP contribution in [0, 0.1) is 0 Å². The zero-order chi connectivity index (χ0) is 78.9. The number of ether oxygens (including phenoxy) is 4. The molecule has 0 heterocycles. The van der Waals surface area contributed by atoms with Crippen molar-refractivity contribution in [3.05, 3.63) is 158 Å². The number of hydrogen-bond donors (Lipinski definition) is 3. The fourth-order valence-corrected chi connectivity index (χ4v) is 12.3. The summed E-state index contributed by atoms with van der Waals surface area (Å²) in [6, 6.07) is 0. The summed E-state index contributed by atoms with van der Waals surface area (Å²) in [5, 5.41) is 10.7. The van der Waals surface area contributed by atoms with Crippen molar-refractivity contribution in [2.24, 2.45) is 0 Å². The van der Waals surface area contributed by atoms with Crippen molar-refractivity contribution >= 4 is 39.5 Å². The Labute approximate surface area is 655 Å². The average molecular weight is 1550 g/mol. The van der Waals surface area contributed by atoms with Crippen molar-refractivity contribution in [1.29, 1.82) is 0 Å². The Morgan fingerprint density at radius 1 is 0.269 bits per heavy atom. The Hall–Kier alpha value is -5.32. The van der Waals surface area contributed by atoms with Crippen LogP contribution in [0.2, 0.25) is 0 Å². The molecule has 0 bridgehead atoms. The van der Waals surface area contributed by atoms with Crippen LogP contribution >= 0.6 is 15.6 Å². The molecule has 0 rings (SSSR count). The second-order valence-electron chi connectivity index (χ2n) is 27.3. The molecule has 0 saturated carbocycles. The highest BCUT2D eigenvalue weighted by Crippen LogP contribution is 2.45. The summed E-state index contributed by atoms with van der Waals surface area (Å²) in [7, 11) is -10.00.